The molecule has 0 saturated heterocycles. The van der Waals surface area contributed by atoms with Gasteiger partial charge in [-0.25, -0.2) is 0 Å². The molecule has 1 N–H and O–H groups in total. The van der Waals surface area contributed by atoms with Crippen molar-refractivity contribution in [3.63, 3.8) is 0 Å². The van der Waals surface area contributed by atoms with Crippen molar-refractivity contribution in [2.45, 2.75) is 20.5 Å². The number of hydrogen-bond acceptors (Lipinski definition) is 5. The molecule has 0 bridgehead atoms. The minimum atomic E-state index is -0.113. The number of nitrogens with one attached hydrogen (secondary N) is 1. The number of ether oxygens (including phenoxy) is 1. The van der Waals surface area contributed by atoms with Crippen molar-refractivity contribution in [1.29, 1.82) is 0 Å². The maximum Gasteiger partial charge on any atom is 0.264 e. The van der Waals surface area contributed by atoms with E-state index in [0.717, 1.165) is 16.8 Å². The van der Waals surface area contributed by atoms with E-state index in [1.807, 2.05) is 31.2 Å². The predicted molar refractivity (Wildman–Crippen MR) is 89.5 cm³/mol. The van der Waals surface area contributed by atoms with Crippen molar-refractivity contribution in [3.8, 4) is 17.1 Å². The van der Waals surface area contributed by atoms with Crippen molar-refractivity contribution in [1.82, 2.24) is 10.1 Å². The van der Waals surface area contributed by atoms with Gasteiger partial charge in [0.1, 0.15) is 5.75 Å². The van der Waals surface area contributed by atoms with Gasteiger partial charge in [0.25, 0.3) is 5.89 Å². The first-order valence-corrected chi connectivity index (χ1v) is 7.50. The third kappa shape index (κ3) is 3.98. The van der Waals surface area contributed by atoms with Crippen LogP contribution >= 0.6 is 0 Å². The van der Waals surface area contributed by atoms with Gasteiger partial charge < -0.3 is 14.6 Å². The third-order valence-corrected chi connectivity index (χ3v) is 3.28. The number of carbonyl (C=O) groups excluding carboxylic acids is 1. The van der Waals surface area contributed by atoms with Gasteiger partial charge in [-0.3, -0.25) is 4.79 Å². The van der Waals surface area contributed by atoms with Crippen LogP contribution in [0.2, 0.25) is 0 Å². The van der Waals surface area contributed by atoms with Gasteiger partial charge >= 0.3 is 0 Å². The van der Waals surface area contributed by atoms with E-state index in [1.54, 1.807) is 24.3 Å². The van der Waals surface area contributed by atoms with Gasteiger partial charge in [-0.05, 0) is 37.3 Å². The topological polar surface area (TPSA) is 77.2 Å². The highest BCUT2D eigenvalue weighted by atomic mass is 16.5. The number of amides is 1. The van der Waals surface area contributed by atoms with E-state index in [4.69, 9.17) is 9.26 Å². The molecule has 2 aromatic carbocycles. The second-order valence-corrected chi connectivity index (χ2v) is 5.38. The Hall–Kier alpha value is -3.15. The number of rotatable bonds is 5. The number of aryl methyl sites for hydroxylation is 1. The van der Waals surface area contributed by atoms with Crippen LogP contribution in [0.1, 0.15) is 18.4 Å². The number of benzene rings is 2. The lowest BCUT2D eigenvalue weighted by Gasteiger charge is -2.05. The van der Waals surface area contributed by atoms with Crippen LogP contribution in [0, 0.1) is 6.92 Å². The molecule has 0 aliphatic rings. The highest BCUT2D eigenvalue weighted by Crippen LogP contribution is 2.19. The largest absolute Gasteiger partial charge is 0.484 e. The molecule has 0 saturated carbocycles. The van der Waals surface area contributed by atoms with Crippen molar-refractivity contribution in [2.24, 2.45) is 0 Å². The third-order valence-electron chi connectivity index (χ3n) is 3.28. The fraction of sp³-hybridized carbons (Fsp3) is 0.167. The smallest absolute Gasteiger partial charge is 0.264 e. The fourth-order valence-electron chi connectivity index (χ4n) is 2.20. The van der Waals surface area contributed by atoms with Crippen LogP contribution in [-0.4, -0.2) is 16.0 Å². The van der Waals surface area contributed by atoms with Gasteiger partial charge in [-0.15, -0.1) is 0 Å². The van der Waals surface area contributed by atoms with Crippen LogP contribution in [-0.2, 0) is 11.4 Å². The highest BCUT2D eigenvalue weighted by Gasteiger charge is 2.09. The minimum absolute atomic E-state index is 0.113. The molecule has 0 atom stereocenters. The SMILES string of the molecule is CC(=O)Nc1ccc(OCc2nc(-c3cccc(C)c3)no2)cc1. The maximum atomic E-state index is 11.0. The van der Waals surface area contributed by atoms with Crippen LogP contribution in [0.15, 0.2) is 53.1 Å². The number of nitrogens with zero attached hydrogens (tertiary/aromatic N) is 2. The normalized spacial score (nSPS) is 10.4. The molecule has 0 fully saturated rings. The summed E-state index contributed by atoms with van der Waals surface area (Å²) >= 11 is 0. The molecule has 3 aromatic rings. The van der Waals surface area contributed by atoms with Crippen LogP contribution in [0.5, 0.6) is 5.75 Å². The summed E-state index contributed by atoms with van der Waals surface area (Å²) in [5.74, 6) is 1.48. The summed E-state index contributed by atoms with van der Waals surface area (Å²) in [5, 5.41) is 6.67. The summed E-state index contributed by atoms with van der Waals surface area (Å²) in [4.78, 5) is 15.3. The standard InChI is InChI=1S/C18H17N3O3/c1-12-4-3-5-14(10-12)18-20-17(24-21-18)11-23-16-8-6-15(7-9-16)19-13(2)22/h3-10H,11H2,1-2H3,(H,19,22). The van der Waals surface area contributed by atoms with Gasteiger partial charge in [0.05, 0.1) is 0 Å². The monoisotopic (exact) mass is 323 g/mol. The Bertz CT molecular complexity index is 841. The van der Waals surface area contributed by atoms with E-state index in [-0.39, 0.29) is 12.5 Å². The highest BCUT2D eigenvalue weighted by molar-refractivity contribution is 5.88. The summed E-state index contributed by atoms with van der Waals surface area (Å²) in [6.45, 7) is 3.66. The molecule has 122 valence electrons. The van der Waals surface area contributed by atoms with Gasteiger partial charge in [0.2, 0.25) is 11.7 Å². The quantitative estimate of drug-likeness (QED) is 0.776. The Labute approximate surface area is 139 Å². The zero-order chi connectivity index (χ0) is 16.9. The van der Waals surface area contributed by atoms with Crippen molar-refractivity contribution in [3.05, 3.63) is 60.0 Å². The van der Waals surface area contributed by atoms with Crippen molar-refractivity contribution < 1.29 is 14.1 Å². The molecular formula is C18H17N3O3. The summed E-state index contributed by atoms with van der Waals surface area (Å²) in [7, 11) is 0. The van der Waals surface area contributed by atoms with E-state index in [2.05, 4.69) is 15.5 Å². The summed E-state index contributed by atoms with van der Waals surface area (Å²) < 4.78 is 10.8. The van der Waals surface area contributed by atoms with Crippen LogP contribution < -0.4 is 10.1 Å². The lowest BCUT2D eigenvalue weighted by molar-refractivity contribution is -0.114. The molecule has 0 aliphatic heterocycles. The number of carbonyl (C=O) groups is 1. The Morgan fingerprint density at radius 1 is 1.21 bits per heavy atom. The molecule has 1 aromatic heterocycles. The Morgan fingerprint density at radius 3 is 2.71 bits per heavy atom. The number of hydrogen-bond donors (Lipinski definition) is 1. The summed E-state index contributed by atoms with van der Waals surface area (Å²) in [6.07, 6.45) is 0. The average Bonchev–Trinajstić information content (AvgIpc) is 3.03. The Kier molecular flexibility index (Phi) is 4.56. The number of anilines is 1. The number of aromatic nitrogens is 2. The molecule has 6 nitrogen and oxygen atoms in total. The average molecular weight is 323 g/mol. The Morgan fingerprint density at radius 2 is 2.00 bits per heavy atom. The van der Waals surface area contributed by atoms with E-state index >= 15 is 0 Å². The summed E-state index contributed by atoms with van der Waals surface area (Å²) in [5.41, 5.74) is 2.76. The zero-order valence-electron chi connectivity index (χ0n) is 13.4. The first-order valence-electron chi connectivity index (χ1n) is 7.50. The molecule has 0 unspecified atom stereocenters. The molecule has 1 heterocycles. The van der Waals surface area contributed by atoms with Gasteiger partial charge in [-0.2, -0.15) is 4.98 Å². The van der Waals surface area contributed by atoms with Gasteiger partial charge in [0, 0.05) is 18.2 Å². The zero-order valence-corrected chi connectivity index (χ0v) is 13.4. The molecule has 6 heteroatoms. The van der Waals surface area contributed by atoms with Crippen LogP contribution in [0.25, 0.3) is 11.4 Å². The second kappa shape index (κ2) is 6.95. The lowest BCUT2D eigenvalue weighted by Crippen LogP contribution is -2.05. The van der Waals surface area contributed by atoms with Gasteiger partial charge in [-0.1, -0.05) is 28.9 Å². The molecule has 3 rings (SSSR count). The predicted octanol–water partition coefficient (Wildman–Crippen LogP) is 3.58. The van der Waals surface area contributed by atoms with Crippen molar-refractivity contribution in [2.75, 3.05) is 5.32 Å². The molecule has 0 radical (unpaired) electrons. The van der Waals surface area contributed by atoms with Crippen LogP contribution in [0.4, 0.5) is 5.69 Å². The fourth-order valence-corrected chi connectivity index (χ4v) is 2.20. The van der Waals surface area contributed by atoms with Crippen molar-refractivity contribution >= 4 is 11.6 Å². The Balaban J connectivity index is 1.62. The molecular weight excluding hydrogens is 306 g/mol. The molecule has 0 spiro atoms. The molecule has 1 amide bonds. The second-order valence-electron chi connectivity index (χ2n) is 5.38. The summed E-state index contributed by atoms with van der Waals surface area (Å²) in [6, 6.07) is 15.0. The lowest BCUT2D eigenvalue weighted by atomic mass is 10.1. The van der Waals surface area contributed by atoms with E-state index in [9.17, 15) is 4.79 Å². The first kappa shape index (κ1) is 15.7. The maximum absolute atomic E-state index is 11.0. The minimum Gasteiger partial charge on any atom is -0.484 e. The van der Waals surface area contributed by atoms with Crippen LogP contribution in [0.3, 0.4) is 0 Å². The first-order chi connectivity index (χ1) is 11.6. The van der Waals surface area contributed by atoms with E-state index in [1.165, 1.54) is 6.92 Å². The van der Waals surface area contributed by atoms with Gasteiger partial charge in [0.15, 0.2) is 6.61 Å². The molecule has 0 aliphatic carbocycles. The van der Waals surface area contributed by atoms with E-state index in [0.29, 0.717) is 17.5 Å². The molecule has 24 heavy (non-hydrogen) atoms. The van der Waals surface area contributed by atoms with E-state index < -0.39 is 0 Å².